The van der Waals surface area contributed by atoms with Crippen LogP contribution in [0.4, 0.5) is 0 Å². The molecule has 0 saturated carbocycles. The van der Waals surface area contributed by atoms with Crippen molar-refractivity contribution in [3.8, 4) is 0 Å². The molecule has 1 rings (SSSR count). The first-order valence-electron chi connectivity index (χ1n) is 5.55. The van der Waals surface area contributed by atoms with Gasteiger partial charge in [-0.2, -0.15) is 0 Å². The standard InChI is InChI=1S/C12H18BrNOS/c1-9-6-7-11(16-9)10(2)14-12(15)5-3-4-8-13/h6-7,10H,3-5,8H2,1-2H3,(H,14,15). The summed E-state index contributed by atoms with van der Waals surface area (Å²) >= 11 is 5.10. The molecule has 1 atom stereocenters. The summed E-state index contributed by atoms with van der Waals surface area (Å²) in [5.41, 5.74) is 0. The Labute approximate surface area is 110 Å². The zero-order valence-electron chi connectivity index (χ0n) is 9.75. The Morgan fingerprint density at radius 1 is 1.50 bits per heavy atom. The van der Waals surface area contributed by atoms with Gasteiger partial charge in [-0.05, 0) is 38.8 Å². The quantitative estimate of drug-likeness (QED) is 0.628. The summed E-state index contributed by atoms with van der Waals surface area (Å²) in [7, 11) is 0. The van der Waals surface area contributed by atoms with Gasteiger partial charge in [0.1, 0.15) is 0 Å². The van der Waals surface area contributed by atoms with E-state index < -0.39 is 0 Å². The third-order valence-corrected chi connectivity index (χ3v) is 4.10. The van der Waals surface area contributed by atoms with Crippen molar-refractivity contribution in [2.45, 2.75) is 39.2 Å². The summed E-state index contributed by atoms with van der Waals surface area (Å²) in [4.78, 5) is 14.1. The molecule has 1 aromatic rings. The van der Waals surface area contributed by atoms with Crippen molar-refractivity contribution in [2.24, 2.45) is 0 Å². The van der Waals surface area contributed by atoms with Gasteiger partial charge < -0.3 is 5.32 Å². The number of amides is 1. The summed E-state index contributed by atoms with van der Waals surface area (Å²) in [5.74, 6) is 0.152. The van der Waals surface area contributed by atoms with Crippen molar-refractivity contribution in [1.29, 1.82) is 0 Å². The van der Waals surface area contributed by atoms with Crippen LogP contribution in [0.2, 0.25) is 0 Å². The van der Waals surface area contributed by atoms with Crippen LogP contribution in [0.1, 0.15) is 42.0 Å². The van der Waals surface area contributed by atoms with Crippen molar-refractivity contribution in [3.63, 3.8) is 0 Å². The lowest BCUT2D eigenvalue weighted by Crippen LogP contribution is -2.25. The highest BCUT2D eigenvalue weighted by molar-refractivity contribution is 9.09. The minimum Gasteiger partial charge on any atom is -0.349 e. The first-order valence-corrected chi connectivity index (χ1v) is 7.49. The summed E-state index contributed by atoms with van der Waals surface area (Å²) < 4.78 is 0. The molecule has 0 aliphatic heterocycles. The first kappa shape index (κ1) is 13.7. The van der Waals surface area contributed by atoms with E-state index in [1.807, 2.05) is 6.92 Å². The van der Waals surface area contributed by atoms with Crippen molar-refractivity contribution >= 4 is 33.2 Å². The lowest BCUT2D eigenvalue weighted by atomic mass is 10.2. The normalized spacial score (nSPS) is 12.4. The van der Waals surface area contributed by atoms with Gasteiger partial charge in [-0.25, -0.2) is 0 Å². The van der Waals surface area contributed by atoms with Gasteiger partial charge in [-0.1, -0.05) is 15.9 Å². The first-order chi connectivity index (χ1) is 7.63. The van der Waals surface area contributed by atoms with Gasteiger partial charge in [0.25, 0.3) is 0 Å². The van der Waals surface area contributed by atoms with Crippen LogP contribution < -0.4 is 5.32 Å². The second-order valence-corrected chi connectivity index (χ2v) is 6.00. The van der Waals surface area contributed by atoms with Crippen LogP contribution in [0.5, 0.6) is 0 Å². The van der Waals surface area contributed by atoms with Crippen molar-refractivity contribution in [1.82, 2.24) is 5.32 Å². The van der Waals surface area contributed by atoms with E-state index in [1.54, 1.807) is 11.3 Å². The number of unbranched alkanes of at least 4 members (excludes halogenated alkanes) is 1. The molecule has 0 fully saturated rings. The molecule has 0 bridgehead atoms. The largest absolute Gasteiger partial charge is 0.349 e. The van der Waals surface area contributed by atoms with E-state index in [9.17, 15) is 4.79 Å². The summed E-state index contributed by atoms with van der Waals surface area (Å²) in [6, 6.07) is 4.31. The summed E-state index contributed by atoms with van der Waals surface area (Å²) in [6.07, 6.45) is 2.63. The lowest BCUT2D eigenvalue weighted by molar-refractivity contribution is -0.121. The topological polar surface area (TPSA) is 29.1 Å². The number of hydrogen-bond donors (Lipinski definition) is 1. The Balaban J connectivity index is 2.33. The molecular formula is C12H18BrNOS. The second-order valence-electron chi connectivity index (χ2n) is 3.88. The number of hydrogen-bond acceptors (Lipinski definition) is 2. The van der Waals surface area contributed by atoms with Gasteiger partial charge in [-0.3, -0.25) is 4.79 Å². The van der Waals surface area contributed by atoms with Gasteiger partial charge in [0.2, 0.25) is 5.91 Å². The molecule has 0 radical (unpaired) electrons. The minimum atomic E-state index is 0.134. The highest BCUT2D eigenvalue weighted by Gasteiger charge is 2.10. The predicted molar refractivity (Wildman–Crippen MR) is 73.3 cm³/mol. The van der Waals surface area contributed by atoms with E-state index in [2.05, 4.69) is 40.3 Å². The van der Waals surface area contributed by atoms with Crippen LogP contribution in [0.25, 0.3) is 0 Å². The Morgan fingerprint density at radius 2 is 2.25 bits per heavy atom. The number of alkyl halides is 1. The van der Waals surface area contributed by atoms with E-state index in [4.69, 9.17) is 0 Å². The fourth-order valence-electron chi connectivity index (χ4n) is 1.45. The average Bonchev–Trinajstić information content (AvgIpc) is 2.65. The fourth-order valence-corrected chi connectivity index (χ4v) is 2.73. The smallest absolute Gasteiger partial charge is 0.220 e. The SMILES string of the molecule is Cc1ccc(C(C)NC(=O)CCCCBr)s1. The molecule has 0 aliphatic carbocycles. The van der Waals surface area contributed by atoms with Gasteiger partial charge in [0.15, 0.2) is 0 Å². The number of thiophene rings is 1. The Kier molecular flexibility index (Phi) is 6.06. The molecule has 0 spiro atoms. The van der Waals surface area contributed by atoms with Crippen molar-refractivity contribution < 1.29 is 4.79 Å². The number of rotatable bonds is 6. The van der Waals surface area contributed by atoms with Crippen LogP contribution in [0, 0.1) is 6.92 Å². The van der Waals surface area contributed by atoms with Crippen LogP contribution in [0.3, 0.4) is 0 Å². The molecule has 2 nitrogen and oxygen atoms in total. The Bertz CT molecular complexity index is 338. The zero-order chi connectivity index (χ0) is 12.0. The third kappa shape index (κ3) is 4.66. The van der Waals surface area contributed by atoms with Gasteiger partial charge in [0, 0.05) is 21.5 Å². The van der Waals surface area contributed by atoms with Crippen LogP contribution in [0.15, 0.2) is 12.1 Å². The lowest BCUT2D eigenvalue weighted by Gasteiger charge is -2.11. The average molecular weight is 304 g/mol. The maximum Gasteiger partial charge on any atom is 0.220 e. The number of carbonyl (C=O) groups excluding carboxylic acids is 1. The maximum absolute atomic E-state index is 11.6. The molecule has 0 saturated heterocycles. The van der Waals surface area contributed by atoms with Crippen molar-refractivity contribution in [3.05, 3.63) is 21.9 Å². The number of halogens is 1. The van der Waals surface area contributed by atoms with E-state index >= 15 is 0 Å². The number of aryl methyl sites for hydroxylation is 1. The highest BCUT2D eigenvalue weighted by Crippen LogP contribution is 2.22. The van der Waals surface area contributed by atoms with Gasteiger partial charge in [0.05, 0.1) is 6.04 Å². The van der Waals surface area contributed by atoms with Gasteiger partial charge >= 0.3 is 0 Å². The molecule has 4 heteroatoms. The van der Waals surface area contributed by atoms with E-state index in [0.717, 1.165) is 18.2 Å². The number of carbonyl (C=O) groups is 1. The van der Waals surface area contributed by atoms with E-state index in [0.29, 0.717) is 6.42 Å². The van der Waals surface area contributed by atoms with Crippen molar-refractivity contribution in [2.75, 3.05) is 5.33 Å². The number of nitrogens with one attached hydrogen (secondary N) is 1. The molecule has 0 aliphatic rings. The molecule has 90 valence electrons. The third-order valence-electron chi connectivity index (χ3n) is 2.35. The molecule has 0 aromatic carbocycles. The predicted octanol–water partition coefficient (Wildman–Crippen LogP) is 3.80. The zero-order valence-corrected chi connectivity index (χ0v) is 12.2. The van der Waals surface area contributed by atoms with Crippen LogP contribution in [-0.2, 0) is 4.79 Å². The second kappa shape index (κ2) is 7.07. The molecule has 1 aromatic heterocycles. The highest BCUT2D eigenvalue weighted by atomic mass is 79.9. The molecule has 1 N–H and O–H groups in total. The minimum absolute atomic E-state index is 0.134. The molecule has 1 amide bonds. The van der Waals surface area contributed by atoms with Crippen LogP contribution >= 0.6 is 27.3 Å². The monoisotopic (exact) mass is 303 g/mol. The summed E-state index contributed by atoms with van der Waals surface area (Å²) in [6.45, 7) is 4.12. The Hall–Kier alpha value is -0.350. The fraction of sp³-hybridized carbons (Fsp3) is 0.583. The molecule has 1 heterocycles. The molecular weight excluding hydrogens is 286 g/mol. The van der Waals surface area contributed by atoms with E-state index in [1.165, 1.54) is 9.75 Å². The van der Waals surface area contributed by atoms with Crippen LogP contribution in [-0.4, -0.2) is 11.2 Å². The summed E-state index contributed by atoms with van der Waals surface area (Å²) in [5, 5.41) is 4.00. The Morgan fingerprint density at radius 3 is 2.81 bits per heavy atom. The molecule has 1 unspecified atom stereocenters. The van der Waals surface area contributed by atoms with E-state index in [-0.39, 0.29) is 11.9 Å². The maximum atomic E-state index is 11.6. The van der Waals surface area contributed by atoms with Gasteiger partial charge in [-0.15, -0.1) is 11.3 Å². The molecule has 16 heavy (non-hydrogen) atoms.